The quantitative estimate of drug-likeness (QED) is 0.383. The van der Waals surface area contributed by atoms with Gasteiger partial charge in [-0.25, -0.2) is 17.2 Å². The van der Waals surface area contributed by atoms with Crippen LogP contribution < -0.4 is 9.64 Å². The number of alkyl halides is 2. The normalized spacial score (nSPS) is 15.4. The van der Waals surface area contributed by atoms with Crippen LogP contribution in [0.4, 0.5) is 28.9 Å². The number of sulfonamides is 1. The number of nitrogens with zero attached hydrogens (tertiary/aromatic N) is 3. The summed E-state index contributed by atoms with van der Waals surface area (Å²) in [6.07, 6.45) is 0. The molecule has 0 aliphatic carbocycles. The summed E-state index contributed by atoms with van der Waals surface area (Å²) in [6, 6.07) is 5.34. The van der Waals surface area contributed by atoms with Gasteiger partial charge in [-0.05, 0) is 18.2 Å². The first-order valence-electron chi connectivity index (χ1n) is 8.53. The van der Waals surface area contributed by atoms with E-state index in [1.54, 1.807) is 0 Å². The zero-order valence-electron chi connectivity index (χ0n) is 15.2. The summed E-state index contributed by atoms with van der Waals surface area (Å²) in [4.78, 5) is 11.0. The summed E-state index contributed by atoms with van der Waals surface area (Å²) in [6.45, 7) is -3.40. The maximum Gasteiger partial charge on any atom is 0.387 e. The summed E-state index contributed by atoms with van der Waals surface area (Å²) >= 11 is 0. The highest BCUT2D eigenvalue weighted by atomic mass is 32.2. The molecule has 0 amide bonds. The van der Waals surface area contributed by atoms with Crippen molar-refractivity contribution in [2.75, 3.05) is 31.1 Å². The molecule has 0 saturated carbocycles. The largest absolute Gasteiger partial charge is 0.432 e. The summed E-state index contributed by atoms with van der Waals surface area (Å²) < 4.78 is 83.1. The maximum absolute atomic E-state index is 13.9. The molecule has 2 aromatic carbocycles. The van der Waals surface area contributed by atoms with Gasteiger partial charge in [0.1, 0.15) is 16.5 Å². The lowest BCUT2D eigenvalue weighted by atomic mass is 10.2. The lowest BCUT2D eigenvalue weighted by Gasteiger charge is -2.36. The van der Waals surface area contributed by atoms with Crippen LogP contribution in [0.25, 0.3) is 0 Å². The number of rotatable bonds is 6. The minimum Gasteiger partial charge on any atom is -0.432 e. The van der Waals surface area contributed by atoms with E-state index in [4.69, 9.17) is 0 Å². The second kappa shape index (κ2) is 8.44. The Morgan fingerprint density at radius 2 is 1.70 bits per heavy atom. The maximum atomic E-state index is 13.9. The van der Waals surface area contributed by atoms with Gasteiger partial charge in [0.15, 0.2) is 5.75 Å². The van der Waals surface area contributed by atoms with E-state index in [1.807, 2.05) is 0 Å². The number of anilines is 1. The Kier molecular flexibility index (Phi) is 6.12. The molecule has 1 fully saturated rings. The standard InChI is InChI=1S/C17H15F4N3O5S/c18-11-1-4-16(13(19)9-11)30(27,28)23-7-5-22(6-8-23)14-3-2-12(24(25)26)10-15(14)29-17(20)21/h1-4,9-10,17H,5-8H2. The molecular formula is C17H15F4N3O5S. The molecule has 0 atom stereocenters. The molecule has 30 heavy (non-hydrogen) atoms. The van der Waals surface area contributed by atoms with E-state index in [0.29, 0.717) is 6.07 Å². The van der Waals surface area contributed by atoms with Crippen molar-refractivity contribution in [3.63, 3.8) is 0 Å². The van der Waals surface area contributed by atoms with Crippen molar-refractivity contribution in [3.8, 4) is 5.75 Å². The zero-order valence-corrected chi connectivity index (χ0v) is 16.0. The van der Waals surface area contributed by atoms with Crippen LogP contribution in [0.1, 0.15) is 0 Å². The van der Waals surface area contributed by atoms with Gasteiger partial charge in [-0.15, -0.1) is 0 Å². The van der Waals surface area contributed by atoms with Gasteiger partial charge in [0, 0.05) is 38.3 Å². The van der Waals surface area contributed by atoms with E-state index in [9.17, 15) is 36.1 Å². The third-order valence-electron chi connectivity index (χ3n) is 4.46. The van der Waals surface area contributed by atoms with Crippen molar-refractivity contribution >= 4 is 21.4 Å². The van der Waals surface area contributed by atoms with Gasteiger partial charge < -0.3 is 9.64 Å². The SMILES string of the molecule is O=[N+]([O-])c1ccc(N2CCN(S(=O)(=O)c3ccc(F)cc3F)CC2)c(OC(F)F)c1. The first kappa shape index (κ1) is 21.8. The van der Waals surface area contributed by atoms with Crippen molar-refractivity contribution < 1.29 is 35.6 Å². The van der Waals surface area contributed by atoms with E-state index >= 15 is 0 Å². The molecule has 0 spiro atoms. The highest BCUT2D eigenvalue weighted by Gasteiger charge is 2.32. The molecule has 3 rings (SSSR count). The molecule has 162 valence electrons. The van der Waals surface area contributed by atoms with Crippen molar-refractivity contribution in [2.24, 2.45) is 0 Å². The highest BCUT2D eigenvalue weighted by Crippen LogP contribution is 2.34. The minimum atomic E-state index is -4.24. The van der Waals surface area contributed by atoms with Gasteiger partial charge in [0.2, 0.25) is 10.0 Å². The van der Waals surface area contributed by atoms with Gasteiger partial charge in [0.25, 0.3) is 5.69 Å². The molecule has 1 heterocycles. The van der Waals surface area contributed by atoms with Crippen LogP contribution in [0.15, 0.2) is 41.3 Å². The van der Waals surface area contributed by atoms with Crippen LogP contribution in [0, 0.1) is 21.7 Å². The summed E-state index contributed by atoms with van der Waals surface area (Å²) in [5.41, 5.74) is -0.312. The molecule has 0 N–H and O–H groups in total. The predicted octanol–water partition coefficient (Wildman–Crippen LogP) is 2.99. The van der Waals surface area contributed by atoms with Gasteiger partial charge >= 0.3 is 6.61 Å². The van der Waals surface area contributed by atoms with E-state index in [-0.39, 0.29) is 31.9 Å². The third kappa shape index (κ3) is 4.46. The number of ether oxygens (including phenoxy) is 1. The van der Waals surface area contributed by atoms with Crippen LogP contribution in [0.3, 0.4) is 0 Å². The fraction of sp³-hybridized carbons (Fsp3) is 0.294. The molecule has 0 unspecified atom stereocenters. The minimum absolute atomic E-state index is 0.0272. The smallest absolute Gasteiger partial charge is 0.387 e. The van der Waals surface area contributed by atoms with Crippen LogP contribution in [-0.2, 0) is 10.0 Å². The second-order valence-corrected chi connectivity index (χ2v) is 8.16. The number of nitro groups is 1. The Labute approximate surface area is 168 Å². The lowest BCUT2D eigenvalue weighted by Crippen LogP contribution is -2.49. The second-order valence-electron chi connectivity index (χ2n) is 6.25. The van der Waals surface area contributed by atoms with Gasteiger partial charge in [0.05, 0.1) is 16.7 Å². The predicted molar refractivity (Wildman–Crippen MR) is 97.1 cm³/mol. The van der Waals surface area contributed by atoms with E-state index in [2.05, 4.69) is 4.74 Å². The summed E-state index contributed by atoms with van der Waals surface area (Å²) in [7, 11) is -4.24. The molecule has 1 saturated heterocycles. The molecule has 13 heteroatoms. The fourth-order valence-electron chi connectivity index (χ4n) is 3.06. The van der Waals surface area contributed by atoms with E-state index in [1.165, 1.54) is 11.0 Å². The molecule has 0 aromatic heterocycles. The molecule has 0 radical (unpaired) electrons. The number of halogens is 4. The van der Waals surface area contributed by atoms with Crippen LogP contribution in [-0.4, -0.2) is 50.4 Å². The molecule has 1 aliphatic heterocycles. The Bertz CT molecular complexity index is 1060. The Balaban J connectivity index is 1.80. The topological polar surface area (TPSA) is 93.0 Å². The number of hydrogen-bond donors (Lipinski definition) is 0. The Hall–Kier alpha value is -2.93. The first-order valence-corrected chi connectivity index (χ1v) is 9.97. The number of nitro benzene ring substituents is 1. The first-order chi connectivity index (χ1) is 14.1. The average molecular weight is 449 g/mol. The summed E-state index contributed by atoms with van der Waals surface area (Å²) in [5, 5.41) is 10.9. The molecule has 1 aliphatic rings. The number of non-ortho nitro benzene ring substituents is 1. The highest BCUT2D eigenvalue weighted by molar-refractivity contribution is 7.89. The van der Waals surface area contributed by atoms with Crippen molar-refractivity contribution in [1.82, 2.24) is 4.31 Å². The van der Waals surface area contributed by atoms with Gasteiger partial charge in [-0.3, -0.25) is 10.1 Å². The Morgan fingerprint density at radius 3 is 2.27 bits per heavy atom. The fourth-order valence-corrected chi connectivity index (χ4v) is 4.53. The molecule has 8 nitrogen and oxygen atoms in total. The van der Waals surface area contributed by atoms with E-state index < -0.39 is 49.5 Å². The van der Waals surface area contributed by atoms with Crippen LogP contribution >= 0.6 is 0 Å². The average Bonchev–Trinajstić information content (AvgIpc) is 2.67. The monoisotopic (exact) mass is 449 g/mol. The molecular weight excluding hydrogens is 434 g/mol. The van der Waals surface area contributed by atoms with Crippen LogP contribution in [0.5, 0.6) is 5.75 Å². The number of benzene rings is 2. The molecule has 0 bridgehead atoms. The van der Waals surface area contributed by atoms with Crippen molar-refractivity contribution in [3.05, 3.63) is 58.1 Å². The van der Waals surface area contributed by atoms with Crippen molar-refractivity contribution in [2.45, 2.75) is 11.5 Å². The molecule has 2 aromatic rings. The zero-order chi connectivity index (χ0) is 22.1. The Morgan fingerprint density at radius 1 is 1.03 bits per heavy atom. The van der Waals surface area contributed by atoms with Gasteiger partial charge in [-0.1, -0.05) is 0 Å². The number of piperazine rings is 1. The van der Waals surface area contributed by atoms with E-state index in [0.717, 1.165) is 28.6 Å². The lowest BCUT2D eigenvalue weighted by molar-refractivity contribution is -0.385. The third-order valence-corrected chi connectivity index (χ3v) is 6.39. The number of hydrogen-bond acceptors (Lipinski definition) is 6. The summed E-state index contributed by atoms with van der Waals surface area (Å²) in [5.74, 6) is -2.55. The van der Waals surface area contributed by atoms with Gasteiger partial charge in [-0.2, -0.15) is 13.1 Å². The van der Waals surface area contributed by atoms with Crippen molar-refractivity contribution in [1.29, 1.82) is 0 Å². The van der Waals surface area contributed by atoms with Crippen LogP contribution in [0.2, 0.25) is 0 Å².